The molecule has 0 unspecified atom stereocenters. The third kappa shape index (κ3) is 5.15. The van der Waals surface area contributed by atoms with Gasteiger partial charge in [-0.2, -0.15) is 16.6 Å². The molecule has 1 amide bonds. The van der Waals surface area contributed by atoms with Crippen LogP contribution in [0.1, 0.15) is 37.4 Å². The number of benzene rings is 1. The lowest BCUT2D eigenvalue weighted by Gasteiger charge is -2.32. The van der Waals surface area contributed by atoms with Crippen LogP contribution in [0.15, 0.2) is 45.6 Å². The van der Waals surface area contributed by atoms with Crippen molar-refractivity contribution < 1.29 is 4.79 Å². The Labute approximate surface area is 161 Å². The molecule has 4 nitrogen and oxygen atoms in total. The van der Waals surface area contributed by atoms with Crippen molar-refractivity contribution in [2.75, 3.05) is 6.54 Å². The summed E-state index contributed by atoms with van der Waals surface area (Å²) < 4.78 is 0.968. The molecule has 1 heterocycles. The van der Waals surface area contributed by atoms with Crippen LogP contribution in [0.4, 0.5) is 0 Å². The number of carbonyl (C=O) groups excluding carboxylic acids is 1. The van der Waals surface area contributed by atoms with Crippen LogP contribution < -0.4 is 5.73 Å². The molecular weight excluding hydrogens is 398 g/mol. The first kappa shape index (κ1) is 19.6. The zero-order valence-electron chi connectivity index (χ0n) is 14.4. The summed E-state index contributed by atoms with van der Waals surface area (Å²) in [6.07, 6.45) is 0.595. The topological polar surface area (TPSA) is 70.1 Å². The maximum Gasteiger partial charge on any atom is 0.241 e. The second-order valence-corrected chi connectivity index (χ2v) is 8.07. The number of hydrogen-bond acceptors (Lipinski definition) is 4. The van der Waals surface area contributed by atoms with E-state index in [9.17, 15) is 10.1 Å². The van der Waals surface area contributed by atoms with Gasteiger partial charge in [-0.3, -0.25) is 4.79 Å². The number of carbonyl (C=O) groups is 1. The van der Waals surface area contributed by atoms with E-state index in [1.165, 1.54) is 0 Å². The Morgan fingerprint density at radius 2 is 1.96 bits per heavy atom. The maximum absolute atomic E-state index is 13.0. The highest BCUT2D eigenvalue weighted by Crippen LogP contribution is 2.31. The number of nitrogens with zero attached hydrogens (tertiary/aromatic N) is 2. The van der Waals surface area contributed by atoms with Gasteiger partial charge in [0, 0.05) is 4.47 Å². The van der Waals surface area contributed by atoms with Crippen LogP contribution in [0.5, 0.6) is 0 Å². The predicted molar refractivity (Wildman–Crippen MR) is 105 cm³/mol. The number of thiophene rings is 1. The summed E-state index contributed by atoms with van der Waals surface area (Å²) in [5, 5.41) is 13.3. The standard InChI is InChI=1S/C19H22BrN3OS/c1-13(2)11-17(22)19(24)23(9-8-21)18(15-7-10-25-12-15)14-3-5-16(20)6-4-14/h3-7,10,12-13,17-18H,9,11,22H2,1-2H3/t17-,18-/m0/s1. The lowest BCUT2D eigenvalue weighted by molar-refractivity contribution is -0.134. The normalized spacial score (nSPS) is 13.3. The molecule has 2 rings (SSSR count). The molecule has 0 radical (unpaired) electrons. The fourth-order valence-electron chi connectivity index (χ4n) is 2.82. The van der Waals surface area contributed by atoms with Gasteiger partial charge in [-0.25, -0.2) is 0 Å². The third-order valence-corrected chi connectivity index (χ3v) is 5.15. The second kappa shape index (κ2) is 9.14. The first-order valence-corrected chi connectivity index (χ1v) is 9.88. The summed E-state index contributed by atoms with van der Waals surface area (Å²) in [7, 11) is 0. The van der Waals surface area contributed by atoms with Crippen LogP contribution in [0.2, 0.25) is 0 Å². The minimum absolute atomic E-state index is 0.00120. The monoisotopic (exact) mass is 419 g/mol. The first-order valence-electron chi connectivity index (χ1n) is 8.14. The zero-order chi connectivity index (χ0) is 18.4. The van der Waals surface area contributed by atoms with Crippen molar-refractivity contribution in [2.24, 2.45) is 11.7 Å². The Kier molecular flexibility index (Phi) is 7.18. The second-order valence-electron chi connectivity index (χ2n) is 6.37. The van der Waals surface area contributed by atoms with E-state index in [0.717, 1.165) is 15.6 Å². The van der Waals surface area contributed by atoms with Gasteiger partial charge in [-0.05, 0) is 52.4 Å². The molecule has 0 spiro atoms. The van der Waals surface area contributed by atoms with Crippen molar-refractivity contribution >= 4 is 33.2 Å². The summed E-state index contributed by atoms with van der Waals surface area (Å²) in [5.41, 5.74) is 8.09. The molecule has 2 aromatic rings. The van der Waals surface area contributed by atoms with Gasteiger partial charge in [0.05, 0.1) is 18.2 Å². The molecule has 1 aromatic heterocycles. The minimum Gasteiger partial charge on any atom is -0.320 e. The molecule has 0 aliphatic carbocycles. The van der Waals surface area contributed by atoms with E-state index in [1.54, 1.807) is 16.2 Å². The van der Waals surface area contributed by atoms with Gasteiger partial charge in [0.15, 0.2) is 0 Å². The average molecular weight is 420 g/mol. The first-order chi connectivity index (χ1) is 11.9. The van der Waals surface area contributed by atoms with Gasteiger partial charge >= 0.3 is 0 Å². The van der Waals surface area contributed by atoms with E-state index in [4.69, 9.17) is 5.73 Å². The van der Waals surface area contributed by atoms with Crippen LogP contribution in [-0.2, 0) is 4.79 Å². The van der Waals surface area contributed by atoms with Gasteiger partial charge in [0.1, 0.15) is 6.54 Å². The molecular formula is C19H22BrN3OS. The van der Waals surface area contributed by atoms with Crippen LogP contribution in [0, 0.1) is 17.2 Å². The largest absolute Gasteiger partial charge is 0.320 e. The fraction of sp³-hybridized carbons (Fsp3) is 0.368. The predicted octanol–water partition coefficient (Wildman–Crippen LogP) is 4.33. The molecule has 1 aromatic carbocycles. The molecule has 132 valence electrons. The highest BCUT2D eigenvalue weighted by Gasteiger charge is 2.30. The number of nitrogens with two attached hydrogens (primary N) is 1. The third-order valence-electron chi connectivity index (χ3n) is 3.92. The summed E-state index contributed by atoms with van der Waals surface area (Å²) in [5.74, 6) is 0.129. The highest BCUT2D eigenvalue weighted by molar-refractivity contribution is 9.10. The number of amides is 1. The van der Waals surface area contributed by atoms with E-state index in [2.05, 4.69) is 22.0 Å². The van der Waals surface area contributed by atoms with E-state index in [0.29, 0.717) is 12.3 Å². The molecule has 0 bridgehead atoms. The average Bonchev–Trinajstić information content (AvgIpc) is 3.09. The minimum atomic E-state index is -0.607. The molecule has 0 aliphatic heterocycles. The van der Waals surface area contributed by atoms with Gasteiger partial charge in [0.2, 0.25) is 5.91 Å². The van der Waals surface area contributed by atoms with E-state index in [-0.39, 0.29) is 18.5 Å². The van der Waals surface area contributed by atoms with Crippen LogP contribution in [0.25, 0.3) is 0 Å². The summed E-state index contributed by atoms with van der Waals surface area (Å²) >= 11 is 5.01. The molecule has 2 N–H and O–H groups in total. The van der Waals surface area contributed by atoms with Crippen LogP contribution >= 0.6 is 27.3 Å². The highest BCUT2D eigenvalue weighted by atomic mass is 79.9. The van der Waals surface area contributed by atoms with Crippen molar-refractivity contribution in [3.05, 3.63) is 56.7 Å². The summed E-state index contributed by atoms with van der Waals surface area (Å²) in [6, 6.07) is 11.0. The summed E-state index contributed by atoms with van der Waals surface area (Å²) in [6.45, 7) is 4.07. The maximum atomic E-state index is 13.0. The van der Waals surface area contributed by atoms with E-state index < -0.39 is 6.04 Å². The number of nitriles is 1. The van der Waals surface area contributed by atoms with Gasteiger partial charge in [0.25, 0.3) is 0 Å². The SMILES string of the molecule is CC(C)C[C@H](N)C(=O)N(CC#N)[C@@H](c1ccc(Br)cc1)c1ccsc1. The van der Waals surface area contributed by atoms with Gasteiger partial charge < -0.3 is 10.6 Å². The fourth-order valence-corrected chi connectivity index (χ4v) is 3.77. The number of halogens is 1. The van der Waals surface area contributed by atoms with E-state index >= 15 is 0 Å². The Morgan fingerprint density at radius 1 is 1.28 bits per heavy atom. The number of hydrogen-bond donors (Lipinski definition) is 1. The molecule has 0 fully saturated rings. The van der Waals surface area contributed by atoms with Crippen molar-refractivity contribution in [1.82, 2.24) is 4.90 Å². The van der Waals surface area contributed by atoms with Crippen molar-refractivity contribution in [3.63, 3.8) is 0 Å². The molecule has 2 atom stereocenters. The van der Waals surface area contributed by atoms with Crippen LogP contribution in [0.3, 0.4) is 0 Å². The molecule has 0 saturated heterocycles. The van der Waals surface area contributed by atoms with Gasteiger partial charge in [-0.1, -0.05) is 41.9 Å². The molecule has 6 heteroatoms. The van der Waals surface area contributed by atoms with Crippen LogP contribution in [-0.4, -0.2) is 23.4 Å². The Bertz CT molecular complexity index is 722. The van der Waals surface area contributed by atoms with Crippen molar-refractivity contribution in [3.8, 4) is 6.07 Å². The molecule has 0 saturated carbocycles. The lowest BCUT2D eigenvalue weighted by Crippen LogP contribution is -2.46. The van der Waals surface area contributed by atoms with Gasteiger partial charge in [-0.15, -0.1) is 0 Å². The Balaban J connectivity index is 2.42. The quantitative estimate of drug-likeness (QED) is 0.678. The van der Waals surface area contributed by atoms with Crippen molar-refractivity contribution in [1.29, 1.82) is 5.26 Å². The smallest absolute Gasteiger partial charge is 0.241 e. The zero-order valence-corrected chi connectivity index (χ0v) is 16.8. The number of rotatable bonds is 7. The Morgan fingerprint density at radius 3 is 2.48 bits per heavy atom. The Hall–Kier alpha value is -1.68. The van der Waals surface area contributed by atoms with Crippen molar-refractivity contribution in [2.45, 2.75) is 32.4 Å². The lowest BCUT2D eigenvalue weighted by atomic mass is 9.97. The summed E-state index contributed by atoms with van der Waals surface area (Å²) in [4.78, 5) is 14.6. The van der Waals surface area contributed by atoms with E-state index in [1.807, 2.05) is 54.9 Å². The molecule has 25 heavy (non-hydrogen) atoms. The molecule has 0 aliphatic rings.